The van der Waals surface area contributed by atoms with Crippen LogP contribution in [0.25, 0.3) is 0 Å². The fourth-order valence-electron chi connectivity index (χ4n) is 3.21. The first-order chi connectivity index (χ1) is 15.4. The van der Waals surface area contributed by atoms with E-state index in [0.717, 1.165) is 19.3 Å². The Morgan fingerprint density at radius 2 is 1.28 bits per heavy atom. The maximum absolute atomic E-state index is 13.3. The molecule has 3 aromatic rings. The topological polar surface area (TPSA) is 35.5 Å². The lowest BCUT2D eigenvalue weighted by atomic mass is 10.3. The zero-order valence-corrected chi connectivity index (χ0v) is 18.5. The monoisotopic (exact) mass is 462 g/mol. The number of unbranched alkanes of at least 4 members (excludes halogenated alkanes) is 2. The molecule has 0 aliphatic heterocycles. The molecule has 0 aliphatic carbocycles. The van der Waals surface area contributed by atoms with Gasteiger partial charge in [-0.2, -0.15) is 13.2 Å². The molecule has 0 fully saturated rings. The summed E-state index contributed by atoms with van der Waals surface area (Å²) in [5, 5.41) is 0. The van der Waals surface area contributed by atoms with Crippen molar-refractivity contribution >= 4 is 16.3 Å². The molecule has 7 heteroatoms. The van der Waals surface area contributed by atoms with Gasteiger partial charge in [-0.25, -0.2) is 4.79 Å². The standard InChI is InChI=1S/C25H25F3O3S/c1-2-3-10-19-30-20-15-17-23(18-16-20)32(21-11-6-4-7-12-21,22-13-8-5-9-14-22)31-24(29)25(26,27)28/h4-9,11-18H,2-3,10,19H2,1H3. The summed E-state index contributed by atoms with van der Waals surface area (Å²) in [4.78, 5) is 13.6. The lowest BCUT2D eigenvalue weighted by Gasteiger charge is -2.39. The largest absolute Gasteiger partial charge is 0.494 e. The van der Waals surface area contributed by atoms with Crippen molar-refractivity contribution in [3.63, 3.8) is 0 Å². The zero-order valence-electron chi connectivity index (χ0n) is 17.7. The molecule has 0 N–H and O–H groups in total. The zero-order chi connectivity index (χ0) is 23.0. The van der Waals surface area contributed by atoms with Crippen molar-refractivity contribution in [3.05, 3.63) is 84.9 Å². The van der Waals surface area contributed by atoms with Crippen LogP contribution in [0.15, 0.2) is 99.6 Å². The number of hydrogen-bond donors (Lipinski definition) is 0. The molecule has 3 aromatic carbocycles. The van der Waals surface area contributed by atoms with E-state index in [2.05, 4.69) is 6.92 Å². The van der Waals surface area contributed by atoms with Gasteiger partial charge in [0.1, 0.15) is 5.75 Å². The molecule has 0 spiro atoms. The van der Waals surface area contributed by atoms with Crippen LogP contribution in [-0.4, -0.2) is 18.8 Å². The highest BCUT2D eigenvalue weighted by Crippen LogP contribution is 2.69. The number of rotatable bonds is 9. The van der Waals surface area contributed by atoms with Crippen molar-refractivity contribution in [1.82, 2.24) is 0 Å². The lowest BCUT2D eigenvalue weighted by molar-refractivity contribution is -0.188. The van der Waals surface area contributed by atoms with Crippen molar-refractivity contribution < 1.29 is 26.9 Å². The SMILES string of the molecule is CCCCCOc1ccc(S(OC(=O)C(F)(F)F)(c2ccccc2)c2ccccc2)cc1. The van der Waals surface area contributed by atoms with E-state index in [1.807, 2.05) is 0 Å². The number of carbonyl (C=O) groups is 1. The van der Waals surface area contributed by atoms with Gasteiger partial charge in [-0.05, 0) is 65.3 Å². The summed E-state index contributed by atoms with van der Waals surface area (Å²) < 4.78 is 51.1. The van der Waals surface area contributed by atoms with E-state index in [1.165, 1.54) is 0 Å². The molecule has 0 aliphatic rings. The van der Waals surface area contributed by atoms with E-state index in [1.54, 1.807) is 84.9 Å². The van der Waals surface area contributed by atoms with Gasteiger partial charge in [0.25, 0.3) is 0 Å². The number of hydrogen-bond acceptors (Lipinski definition) is 3. The first-order valence-electron chi connectivity index (χ1n) is 10.3. The molecule has 0 radical (unpaired) electrons. The van der Waals surface area contributed by atoms with E-state index >= 15 is 0 Å². The summed E-state index contributed by atoms with van der Waals surface area (Å²) in [6.07, 6.45) is -2.07. The number of alkyl halides is 3. The van der Waals surface area contributed by atoms with Crippen LogP contribution in [0.4, 0.5) is 13.2 Å². The Hall–Kier alpha value is -2.93. The molecule has 0 bridgehead atoms. The third-order valence-electron chi connectivity index (χ3n) is 4.75. The first kappa shape index (κ1) is 23.7. The Balaban J connectivity index is 2.10. The molecule has 0 aromatic heterocycles. The first-order valence-corrected chi connectivity index (χ1v) is 11.9. The third kappa shape index (κ3) is 5.46. The molecular formula is C25H25F3O3S. The van der Waals surface area contributed by atoms with Crippen molar-refractivity contribution in [1.29, 1.82) is 0 Å². The second-order valence-electron chi connectivity index (χ2n) is 7.08. The predicted octanol–water partition coefficient (Wildman–Crippen LogP) is 7.56. The fourth-order valence-corrected chi connectivity index (χ4v) is 6.23. The van der Waals surface area contributed by atoms with Crippen molar-refractivity contribution in [2.75, 3.05) is 6.61 Å². The Morgan fingerprint density at radius 3 is 1.75 bits per heavy atom. The number of ether oxygens (including phenoxy) is 1. The molecule has 32 heavy (non-hydrogen) atoms. The van der Waals surface area contributed by atoms with E-state index in [9.17, 15) is 18.0 Å². The molecule has 3 rings (SSSR count). The summed E-state index contributed by atoms with van der Waals surface area (Å²) in [6, 6.07) is 23.9. The highest BCUT2D eigenvalue weighted by atomic mass is 32.3. The van der Waals surface area contributed by atoms with Crippen molar-refractivity contribution in [2.45, 2.75) is 47.0 Å². The number of carbonyl (C=O) groups excluding carboxylic acids is 1. The highest BCUT2D eigenvalue weighted by molar-refractivity contribution is 8.30. The van der Waals surface area contributed by atoms with Gasteiger partial charge >= 0.3 is 12.1 Å². The summed E-state index contributed by atoms with van der Waals surface area (Å²) in [7, 11) is -2.99. The van der Waals surface area contributed by atoms with Crippen LogP contribution in [0, 0.1) is 0 Å². The summed E-state index contributed by atoms with van der Waals surface area (Å²) in [6.45, 7) is 2.66. The van der Waals surface area contributed by atoms with Crippen LogP contribution in [0.3, 0.4) is 0 Å². The molecule has 0 saturated heterocycles. The summed E-state index contributed by atoms with van der Waals surface area (Å²) >= 11 is 0. The molecular weight excluding hydrogens is 437 g/mol. The van der Waals surface area contributed by atoms with Gasteiger partial charge in [-0.3, -0.25) is 0 Å². The smallest absolute Gasteiger partial charge is 0.491 e. The lowest BCUT2D eigenvalue weighted by Crippen LogP contribution is -2.27. The van der Waals surface area contributed by atoms with Crippen molar-refractivity contribution in [2.24, 2.45) is 0 Å². The average molecular weight is 463 g/mol. The molecule has 0 unspecified atom stereocenters. The third-order valence-corrected chi connectivity index (χ3v) is 7.96. The quantitative estimate of drug-likeness (QED) is 0.308. The average Bonchev–Trinajstić information content (AvgIpc) is 2.81. The van der Waals surface area contributed by atoms with Crippen LogP contribution >= 0.6 is 10.3 Å². The van der Waals surface area contributed by atoms with Crippen molar-refractivity contribution in [3.8, 4) is 5.75 Å². The number of benzene rings is 3. The summed E-state index contributed by atoms with van der Waals surface area (Å²) in [5.41, 5.74) is 0. The van der Waals surface area contributed by atoms with Crippen LogP contribution < -0.4 is 4.74 Å². The van der Waals surface area contributed by atoms with Gasteiger partial charge in [0.2, 0.25) is 0 Å². The Kier molecular flexibility index (Phi) is 7.85. The van der Waals surface area contributed by atoms with E-state index < -0.39 is 22.5 Å². The van der Waals surface area contributed by atoms with Crippen LogP contribution in [0.1, 0.15) is 26.2 Å². The van der Waals surface area contributed by atoms with Crippen LogP contribution in [-0.2, 0) is 8.98 Å². The second kappa shape index (κ2) is 10.6. The molecule has 0 amide bonds. The van der Waals surface area contributed by atoms with Crippen LogP contribution in [0.5, 0.6) is 5.75 Å². The van der Waals surface area contributed by atoms with E-state index in [4.69, 9.17) is 8.92 Å². The normalized spacial score (nSPS) is 12.2. The highest BCUT2D eigenvalue weighted by Gasteiger charge is 2.47. The van der Waals surface area contributed by atoms with Crippen LogP contribution in [0.2, 0.25) is 0 Å². The molecule has 3 nitrogen and oxygen atoms in total. The van der Waals surface area contributed by atoms with Gasteiger partial charge < -0.3 is 8.92 Å². The Morgan fingerprint density at radius 1 is 0.781 bits per heavy atom. The van der Waals surface area contributed by atoms with Gasteiger partial charge in [-0.1, -0.05) is 56.2 Å². The fraction of sp³-hybridized carbons (Fsp3) is 0.240. The van der Waals surface area contributed by atoms with Gasteiger partial charge in [-0.15, -0.1) is 0 Å². The Bertz CT molecular complexity index is 951. The maximum atomic E-state index is 13.3. The molecule has 170 valence electrons. The minimum Gasteiger partial charge on any atom is -0.494 e. The van der Waals surface area contributed by atoms with Gasteiger partial charge in [0.15, 0.2) is 0 Å². The Labute approximate surface area is 187 Å². The van der Waals surface area contributed by atoms with E-state index in [-0.39, 0.29) is 0 Å². The summed E-state index contributed by atoms with van der Waals surface area (Å²) in [5.74, 6) is -1.61. The predicted molar refractivity (Wildman–Crippen MR) is 119 cm³/mol. The number of halogens is 3. The minimum absolute atomic E-state index is 0.466. The second-order valence-corrected chi connectivity index (χ2v) is 9.77. The molecule has 0 saturated carbocycles. The van der Waals surface area contributed by atoms with E-state index in [0.29, 0.717) is 27.0 Å². The van der Waals surface area contributed by atoms with Gasteiger partial charge in [0.05, 0.1) is 6.61 Å². The molecule has 0 atom stereocenters. The van der Waals surface area contributed by atoms with Gasteiger partial charge in [0, 0.05) is 14.7 Å². The molecule has 0 heterocycles. The maximum Gasteiger partial charge on any atom is 0.491 e. The minimum atomic E-state index is -5.12.